The quantitative estimate of drug-likeness (QED) is 0.425. The summed E-state index contributed by atoms with van der Waals surface area (Å²) in [6, 6.07) is 28.5. The maximum Gasteiger partial charge on any atom is 0.272 e. The van der Waals surface area contributed by atoms with Crippen molar-refractivity contribution in [1.29, 1.82) is 0 Å². The zero-order valence-corrected chi connectivity index (χ0v) is 19.8. The van der Waals surface area contributed by atoms with Crippen LogP contribution >= 0.6 is 0 Å². The number of ether oxygens (including phenoxy) is 1. The first kappa shape index (κ1) is 22.4. The van der Waals surface area contributed by atoms with Crippen molar-refractivity contribution in [1.82, 2.24) is 10.0 Å². The van der Waals surface area contributed by atoms with E-state index in [1.54, 1.807) is 7.11 Å². The van der Waals surface area contributed by atoms with Gasteiger partial charge in [0.25, 0.3) is 5.91 Å². The normalized spacial score (nSPS) is 19.1. The second-order valence-electron chi connectivity index (χ2n) is 9.25. The van der Waals surface area contributed by atoms with Gasteiger partial charge in [-0.2, -0.15) is 0 Å². The van der Waals surface area contributed by atoms with Gasteiger partial charge >= 0.3 is 0 Å². The van der Waals surface area contributed by atoms with E-state index in [0.29, 0.717) is 18.0 Å². The van der Waals surface area contributed by atoms with Crippen molar-refractivity contribution in [3.63, 3.8) is 0 Å². The molecule has 1 aliphatic carbocycles. The van der Waals surface area contributed by atoms with Crippen LogP contribution in [0.1, 0.15) is 53.6 Å². The summed E-state index contributed by atoms with van der Waals surface area (Å²) < 4.78 is 5.40. The molecule has 1 saturated carbocycles. The van der Waals surface area contributed by atoms with Crippen molar-refractivity contribution >= 4 is 11.5 Å². The van der Waals surface area contributed by atoms with E-state index >= 15 is 0 Å². The minimum atomic E-state index is 0.0147. The number of methoxy groups -OCH3 is 1. The standard InChI is InChI=1S/C30H32N2O2/c1-34-27-19-17-24(18-20-27)28-22-32(30(33)26-15-9-4-10-16-26)31(21-23-11-5-2-6-12-23)29(28)25-13-7-3-8-14-25/h2,4-6,9-12,15-20,22,25,29H,3,7-8,13-14,21H2,1H3/t29-/m1/s1. The Morgan fingerprint density at radius 1 is 0.853 bits per heavy atom. The molecule has 1 fully saturated rings. The summed E-state index contributed by atoms with van der Waals surface area (Å²) in [7, 11) is 1.69. The molecule has 174 valence electrons. The number of nitrogens with zero attached hydrogens (tertiary/aromatic N) is 2. The average molecular weight is 453 g/mol. The summed E-state index contributed by atoms with van der Waals surface area (Å²) in [6.07, 6.45) is 8.27. The number of hydrogen-bond donors (Lipinski definition) is 0. The Kier molecular flexibility index (Phi) is 6.77. The van der Waals surface area contributed by atoms with E-state index in [0.717, 1.165) is 11.3 Å². The van der Waals surface area contributed by atoms with Crippen LogP contribution in [0.25, 0.3) is 5.57 Å². The zero-order chi connectivity index (χ0) is 23.3. The van der Waals surface area contributed by atoms with Crippen molar-refractivity contribution in [2.75, 3.05) is 7.11 Å². The lowest BCUT2D eigenvalue weighted by molar-refractivity contribution is -0.00594. The van der Waals surface area contributed by atoms with E-state index in [9.17, 15) is 4.79 Å². The van der Waals surface area contributed by atoms with Crippen LogP contribution in [-0.4, -0.2) is 29.1 Å². The van der Waals surface area contributed by atoms with Gasteiger partial charge in [-0.3, -0.25) is 4.79 Å². The first-order valence-corrected chi connectivity index (χ1v) is 12.3. The predicted octanol–water partition coefficient (Wildman–Crippen LogP) is 6.56. The Balaban J connectivity index is 1.58. The summed E-state index contributed by atoms with van der Waals surface area (Å²) in [5.74, 6) is 1.37. The molecule has 2 aliphatic rings. The van der Waals surface area contributed by atoms with Crippen LogP contribution in [0.15, 0.2) is 91.1 Å². The summed E-state index contributed by atoms with van der Waals surface area (Å²) in [6.45, 7) is 0.691. The molecular weight excluding hydrogens is 420 g/mol. The van der Waals surface area contributed by atoms with Gasteiger partial charge in [-0.1, -0.05) is 79.9 Å². The molecule has 0 N–H and O–H groups in total. The monoisotopic (exact) mass is 452 g/mol. The molecule has 0 unspecified atom stereocenters. The van der Waals surface area contributed by atoms with Gasteiger partial charge in [0.1, 0.15) is 5.75 Å². The topological polar surface area (TPSA) is 32.8 Å². The Bertz CT molecular complexity index is 1120. The van der Waals surface area contributed by atoms with E-state index < -0.39 is 0 Å². The first-order chi connectivity index (χ1) is 16.7. The molecule has 0 spiro atoms. The number of carbonyl (C=O) groups excluding carboxylic acids is 1. The molecule has 5 rings (SSSR count). The number of hydrogen-bond acceptors (Lipinski definition) is 3. The third-order valence-corrected chi connectivity index (χ3v) is 7.11. The molecule has 1 heterocycles. The largest absolute Gasteiger partial charge is 0.497 e. The molecule has 4 heteroatoms. The summed E-state index contributed by atoms with van der Waals surface area (Å²) in [5, 5.41) is 4.18. The summed E-state index contributed by atoms with van der Waals surface area (Å²) in [5.41, 5.74) is 4.28. The lowest BCUT2D eigenvalue weighted by Crippen LogP contribution is -2.47. The molecule has 0 saturated heterocycles. The van der Waals surface area contributed by atoms with Crippen molar-refractivity contribution < 1.29 is 9.53 Å². The lowest BCUT2D eigenvalue weighted by atomic mass is 9.79. The minimum Gasteiger partial charge on any atom is -0.497 e. The SMILES string of the molecule is COc1ccc(C2=CN(C(=O)c3ccccc3)N(Cc3ccccc3)[C@@H]2C2CCCCC2)cc1. The van der Waals surface area contributed by atoms with Gasteiger partial charge in [0.2, 0.25) is 0 Å². The number of benzene rings is 3. The molecule has 1 aliphatic heterocycles. The fraction of sp³-hybridized carbons (Fsp3) is 0.300. The zero-order valence-electron chi connectivity index (χ0n) is 19.8. The van der Waals surface area contributed by atoms with E-state index in [4.69, 9.17) is 4.74 Å². The third kappa shape index (κ3) is 4.64. The number of amides is 1. The van der Waals surface area contributed by atoms with E-state index in [1.807, 2.05) is 53.5 Å². The smallest absolute Gasteiger partial charge is 0.272 e. The van der Waals surface area contributed by atoms with Gasteiger partial charge in [-0.05, 0) is 59.7 Å². The van der Waals surface area contributed by atoms with Gasteiger partial charge in [0.05, 0.1) is 13.2 Å². The lowest BCUT2D eigenvalue weighted by Gasteiger charge is -2.39. The Morgan fingerprint density at radius 3 is 2.15 bits per heavy atom. The Morgan fingerprint density at radius 2 is 1.50 bits per heavy atom. The Labute approximate surface area is 202 Å². The highest BCUT2D eigenvalue weighted by atomic mass is 16.5. The van der Waals surface area contributed by atoms with Crippen LogP contribution < -0.4 is 4.74 Å². The molecule has 1 amide bonds. The van der Waals surface area contributed by atoms with Gasteiger partial charge in [0, 0.05) is 18.3 Å². The van der Waals surface area contributed by atoms with Gasteiger partial charge in [-0.25, -0.2) is 10.0 Å². The molecule has 0 aromatic heterocycles. The summed E-state index contributed by atoms with van der Waals surface area (Å²) in [4.78, 5) is 13.8. The molecule has 34 heavy (non-hydrogen) atoms. The molecule has 3 aromatic carbocycles. The third-order valence-electron chi connectivity index (χ3n) is 7.11. The van der Waals surface area contributed by atoms with Crippen LogP contribution in [0.3, 0.4) is 0 Å². The molecule has 3 aromatic rings. The first-order valence-electron chi connectivity index (χ1n) is 12.3. The maximum atomic E-state index is 13.8. The molecule has 0 bridgehead atoms. The highest BCUT2D eigenvalue weighted by Gasteiger charge is 2.41. The minimum absolute atomic E-state index is 0.0147. The average Bonchev–Trinajstić information content (AvgIpc) is 3.28. The van der Waals surface area contributed by atoms with Gasteiger partial charge in [0.15, 0.2) is 0 Å². The highest BCUT2D eigenvalue weighted by Crippen LogP contribution is 2.42. The van der Waals surface area contributed by atoms with Crippen LogP contribution in [0, 0.1) is 5.92 Å². The number of carbonyl (C=O) groups is 1. The molecular formula is C30H32N2O2. The van der Waals surface area contributed by atoms with Crippen LogP contribution in [0.4, 0.5) is 0 Å². The van der Waals surface area contributed by atoms with E-state index in [2.05, 4.69) is 47.6 Å². The van der Waals surface area contributed by atoms with Gasteiger partial charge < -0.3 is 4.74 Å². The van der Waals surface area contributed by atoms with E-state index in [1.165, 1.54) is 43.2 Å². The maximum absolute atomic E-state index is 13.8. The molecule has 4 nitrogen and oxygen atoms in total. The fourth-order valence-electron chi connectivity index (χ4n) is 5.39. The van der Waals surface area contributed by atoms with Gasteiger partial charge in [-0.15, -0.1) is 0 Å². The van der Waals surface area contributed by atoms with Crippen LogP contribution in [0.5, 0.6) is 5.75 Å². The van der Waals surface area contributed by atoms with Crippen molar-refractivity contribution in [2.45, 2.75) is 44.7 Å². The van der Waals surface area contributed by atoms with Crippen LogP contribution in [-0.2, 0) is 6.54 Å². The number of hydrazine groups is 1. The predicted molar refractivity (Wildman–Crippen MR) is 136 cm³/mol. The molecule has 1 atom stereocenters. The van der Waals surface area contributed by atoms with Crippen molar-refractivity contribution in [3.8, 4) is 5.75 Å². The highest BCUT2D eigenvalue weighted by molar-refractivity contribution is 5.96. The van der Waals surface area contributed by atoms with Crippen LogP contribution in [0.2, 0.25) is 0 Å². The second-order valence-corrected chi connectivity index (χ2v) is 9.25. The van der Waals surface area contributed by atoms with Crippen molar-refractivity contribution in [3.05, 3.63) is 108 Å². The Hall–Kier alpha value is -3.37. The molecule has 0 radical (unpaired) electrons. The van der Waals surface area contributed by atoms with E-state index in [-0.39, 0.29) is 11.9 Å². The number of rotatable bonds is 6. The van der Waals surface area contributed by atoms with Crippen molar-refractivity contribution in [2.24, 2.45) is 5.92 Å². The second kappa shape index (κ2) is 10.3. The summed E-state index contributed by atoms with van der Waals surface area (Å²) >= 11 is 0. The fourth-order valence-corrected chi connectivity index (χ4v) is 5.39.